The molecule has 0 unspecified atom stereocenters. The third kappa shape index (κ3) is 2.01. The Bertz CT molecular complexity index is 811. The van der Waals surface area contributed by atoms with Gasteiger partial charge in [0.25, 0.3) is 0 Å². The second-order valence-corrected chi connectivity index (χ2v) is 4.11. The molecular formula is C14H9NO4. The van der Waals surface area contributed by atoms with Crippen LogP contribution in [0.15, 0.2) is 51.7 Å². The molecule has 2 N–H and O–H groups in total. The molecule has 0 aliphatic rings. The quantitative estimate of drug-likeness (QED) is 0.736. The zero-order valence-corrected chi connectivity index (χ0v) is 9.71. The van der Waals surface area contributed by atoms with E-state index in [2.05, 4.69) is 4.98 Å². The fourth-order valence-electron chi connectivity index (χ4n) is 1.93. The van der Waals surface area contributed by atoms with Crippen molar-refractivity contribution in [1.82, 2.24) is 4.98 Å². The Balaban J connectivity index is 2.07. The summed E-state index contributed by atoms with van der Waals surface area (Å²) >= 11 is 0. The van der Waals surface area contributed by atoms with Crippen molar-refractivity contribution in [2.75, 3.05) is 0 Å². The summed E-state index contributed by atoms with van der Waals surface area (Å²) in [5, 5.41) is 8.84. The number of benzene rings is 2. The molecule has 19 heavy (non-hydrogen) atoms. The summed E-state index contributed by atoms with van der Waals surface area (Å²) in [7, 11) is 0. The molecule has 0 spiro atoms. The molecule has 0 saturated heterocycles. The van der Waals surface area contributed by atoms with E-state index < -0.39 is 11.7 Å². The highest BCUT2D eigenvalue weighted by atomic mass is 16.4. The van der Waals surface area contributed by atoms with Gasteiger partial charge in [0.2, 0.25) is 0 Å². The van der Waals surface area contributed by atoms with Crippen molar-refractivity contribution in [3.8, 4) is 11.1 Å². The monoisotopic (exact) mass is 255 g/mol. The predicted molar refractivity (Wildman–Crippen MR) is 69.2 cm³/mol. The van der Waals surface area contributed by atoms with Gasteiger partial charge in [-0.25, -0.2) is 9.59 Å². The van der Waals surface area contributed by atoms with Gasteiger partial charge in [-0.1, -0.05) is 18.2 Å². The Morgan fingerprint density at radius 3 is 2.42 bits per heavy atom. The van der Waals surface area contributed by atoms with Crippen LogP contribution in [0.25, 0.3) is 22.2 Å². The number of carboxylic acid groups (broad SMARTS) is 1. The minimum Gasteiger partial charge on any atom is -0.478 e. The van der Waals surface area contributed by atoms with E-state index in [1.807, 2.05) is 6.07 Å². The summed E-state index contributed by atoms with van der Waals surface area (Å²) in [4.78, 5) is 24.4. The lowest BCUT2D eigenvalue weighted by molar-refractivity contribution is 0.0697. The van der Waals surface area contributed by atoms with Crippen molar-refractivity contribution in [2.45, 2.75) is 0 Å². The second-order valence-electron chi connectivity index (χ2n) is 4.11. The van der Waals surface area contributed by atoms with E-state index in [1.54, 1.807) is 24.3 Å². The number of aromatic carboxylic acids is 1. The number of carboxylic acids is 1. The van der Waals surface area contributed by atoms with Crippen molar-refractivity contribution in [3.05, 3.63) is 58.6 Å². The molecule has 2 aromatic carbocycles. The fraction of sp³-hybridized carbons (Fsp3) is 0. The van der Waals surface area contributed by atoms with Crippen LogP contribution in [0.5, 0.6) is 0 Å². The summed E-state index contributed by atoms with van der Waals surface area (Å²) in [5.41, 5.74) is 3.06. The summed E-state index contributed by atoms with van der Waals surface area (Å²) in [5.74, 6) is -1.45. The standard InChI is InChI=1S/C14H9NO4/c16-13(17)9-3-1-8(2-4-9)10-5-6-11-12(7-10)19-14(18)15-11/h1-7H,(H,15,18)(H,16,17). The van der Waals surface area contributed by atoms with Gasteiger partial charge in [-0.2, -0.15) is 0 Å². The zero-order chi connectivity index (χ0) is 13.4. The third-order valence-electron chi connectivity index (χ3n) is 2.89. The van der Waals surface area contributed by atoms with E-state index in [1.165, 1.54) is 12.1 Å². The largest absolute Gasteiger partial charge is 0.478 e. The van der Waals surface area contributed by atoms with Crippen molar-refractivity contribution >= 4 is 17.1 Å². The number of oxazole rings is 1. The molecule has 3 aromatic rings. The number of hydrogen-bond donors (Lipinski definition) is 2. The Morgan fingerprint density at radius 2 is 1.74 bits per heavy atom. The van der Waals surface area contributed by atoms with E-state index in [0.717, 1.165) is 11.1 Å². The number of carbonyl (C=O) groups is 1. The molecule has 0 fully saturated rings. The van der Waals surface area contributed by atoms with Crippen LogP contribution in [-0.4, -0.2) is 16.1 Å². The van der Waals surface area contributed by atoms with Gasteiger partial charge in [0.15, 0.2) is 5.58 Å². The average Bonchev–Trinajstić information content (AvgIpc) is 2.77. The molecule has 0 aliphatic carbocycles. The molecule has 0 radical (unpaired) electrons. The van der Waals surface area contributed by atoms with Gasteiger partial charge in [-0.3, -0.25) is 4.98 Å². The van der Waals surface area contributed by atoms with E-state index in [0.29, 0.717) is 11.1 Å². The Kier molecular flexibility index (Phi) is 2.45. The van der Waals surface area contributed by atoms with Crippen molar-refractivity contribution < 1.29 is 14.3 Å². The molecule has 94 valence electrons. The molecule has 0 amide bonds. The average molecular weight is 255 g/mol. The Labute approximate surface area is 107 Å². The summed E-state index contributed by atoms with van der Waals surface area (Å²) in [6.45, 7) is 0. The SMILES string of the molecule is O=C(O)c1ccc(-c2ccc3[nH]c(=O)oc3c2)cc1. The molecule has 3 rings (SSSR count). The lowest BCUT2D eigenvalue weighted by Crippen LogP contribution is -1.94. The highest BCUT2D eigenvalue weighted by Crippen LogP contribution is 2.23. The lowest BCUT2D eigenvalue weighted by Gasteiger charge is -2.02. The van der Waals surface area contributed by atoms with Crippen LogP contribution in [0, 0.1) is 0 Å². The van der Waals surface area contributed by atoms with Crippen molar-refractivity contribution in [2.24, 2.45) is 0 Å². The van der Waals surface area contributed by atoms with E-state index >= 15 is 0 Å². The topological polar surface area (TPSA) is 83.3 Å². The number of rotatable bonds is 2. The van der Waals surface area contributed by atoms with Crippen LogP contribution in [0.1, 0.15) is 10.4 Å². The molecule has 0 atom stereocenters. The van der Waals surface area contributed by atoms with Crippen LogP contribution in [0.4, 0.5) is 0 Å². The van der Waals surface area contributed by atoms with Crippen LogP contribution in [0.3, 0.4) is 0 Å². The van der Waals surface area contributed by atoms with Crippen LogP contribution < -0.4 is 5.76 Å². The molecule has 1 aromatic heterocycles. The third-order valence-corrected chi connectivity index (χ3v) is 2.89. The maximum atomic E-state index is 11.1. The van der Waals surface area contributed by atoms with Gasteiger partial charge >= 0.3 is 11.7 Å². The van der Waals surface area contributed by atoms with Crippen LogP contribution >= 0.6 is 0 Å². The maximum absolute atomic E-state index is 11.1. The van der Waals surface area contributed by atoms with Gasteiger partial charge in [-0.05, 0) is 35.4 Å². The first-order valence-corrected chi connectivity index (χ1v) is 5.60. The first-order chi connectivity index (χ1) is 9.13. The summed E-state index contributed by atoms with van der Waals surface area (Å²) in [6, 6.07) is 11.8. The van der Waals surface area contributed by atoms with Gasteiger partial charge in [0.1, 0.15) is 0 Å². The van der Waals surface area contributed by atoms with Gasteiger partial charge < -0.3 is 9.52 Å². The highest BCUT2D eigenvalue weighted by molar-refractivity contribution is 5.88. The molecule has 1 heterocycles. The summed E-state index contributed by atoms with van der Waals surface area (Å²) < 4.78 is 4.99. The number of hydrogen-bond acceptors (Lipinski definition) is 3. The summed E-state index contributed by atoms with van der Waals surface area (Å²) in [6.07, 6.45) is 0. The lowest BCUT2D eigenvalue weighted by atomic mass is 10.0. The smallest absolute Gasteiger partial charge is 0.417 e. The molecule has 0 aliphatic heterocycles. The van der Waals surface area contributed by atoms with Gasteiger partial charge in [-0.15, -0.1) is 0 Å². The first kappa shape index (κ1) is 11.3. The van der Waals surface area contributed by atoms with Crippen molar-refractivity contribution in [1.29, 1.82) is 0 Å². The molecule has 5 heteroatoms. The molecule has 5 nitrogen and oxygen atoms in total. The molecular weight excluding hydrogens is 246 g/mol. The minimum absolute atomic E-state index is 0.234. The zero-order valence-electron chi connectivity index (χ0n) is 9.71. The van der Waals surface area contributed by atoms with Gasteiger partial charge in [0, 0.05) is 0 Å². The van der Waals surface area contributed by atoms with E-state index in [4.69, 9.17) is 9.52 Å². The Hall–Kier alpha value is -2.82. The molecule has 0 saturated carbocycles. The van der Waals surface area contributed by atoms with E-state index in [9.17, 15) is 9.59 Å². The van der Waals surface area contributed by atoms with Crippen molar-refractivity contribution in [3.63, 3.8) is 0 Å². The normalized spacial score (nSPS) is 10.7. The number of fused-ring (bicyclic) bond motifs is 1. The number of aromatic nitrogens is 1. The fourth-order valence-corrected chi connectivity index (χ4v) is 1.93. The molecule has 0 bridgehead atoms. The second kappa shape index (κ2) is 4.13. The van der Waals surface area contributed by atoms with Crippen LogP contribution in [0.2, 0.25) is 0 Å². The highest BCUT2D eigenvalue weighted by Gasteiger charge is 2.06. The first-order valence-electron chi connectivity index (χ1n) is 5.60. The predicted octanol–water partition coefficient (Wildman–Crippen LogP) is 2.49. The Morgan fingerprint density at radius 1 is 1.05 bits per heavy atom. The maximum Gasteiger partial charge on any atom is 0.417 e. The number of H-pyrrole nitrogens is 1. The number of aromatic amines is 1. The van der Waals surface area contributed by atoms with E-state index in [-0.39, 0.29) is 5.56 Å². The number of nitrogens with one attached hydrogen (secondary N) is 1. The van der Waals surface area contributed by atoms with Crippen LogP contribution in [-0.2, 0) is 0 Å². The van der Waals surface area contributed by atoms with Gasteiger partial charge in [0.05, 0.1) is 11.1 Å². The minimum atomic E-state index is -0.960.